The van der Waals surface area contributed by atoms with E-state index in [1.165, 1.54) is 12.0 Å². The molecule has 8 nitrogen and oxygen atoms in total. The van der Waals surface area contributed by atoms with Gasteiger partial charge in [0.1, 0.15) is 12.0 Å². The van der Waals surface area contributed by atoms with Gasteiger partial charge in [-0.3, -0.25) is 14.5 Å². The third-order valence-corrected chi connectivity index (χ3v) is 6.04. The van der Waals surface area contributed by atoms with E-state index in [9.17, 15) is 4.79 Å². The van der Waals surface area contributed by atoms with Gasteiger partial charge >= 0.3 is 0 Å². The van der Waals surface area contributed by atoms with E-state index in [1.807, 2.05) is 37.3 Å². The lowest BCUT2D eigenvalue weighted by Gasteiger charge is -2.11. The van der Waals surface area contributed by atoms with E-state index in [4.69, 9.17) is 10.1 Å². The Kier molecular flexibility index (Phi) is 4.38. The first-order valence-corrected chi connectivity index (χ1v) is 11.0. The van der Waals surface area contributed by atoms with Gasteiger partial charge < -0.3 is 5.32 Å². The minimum atomic E-state index is -0.0867. The molecule has 32 heavy (non-hydrogen) atoms. The molecule has 5 heterocycles. The van der Waals surface area contributed by atoms with Crippen LogP contribution in [0.5, 0.6) is 0 Å². The highest BCUT2D eigenvalue weighted by atomic mass is 16.1. The Hall–Kier alpha value is -3.81. The van der Waals surface area contributed by atoms with Crippen molar-refractivity contribution in [2.24, 2.45) is 0 Å². The second kappa shape index (κ2) is 7.40. The minimum Gasteiger partial charge on any atom is -0.350 e. The van der Waals surface area contributed by atoms with Crippen LogP contribution in [0.3, 0.4) is 0 Å². The summed E-state index contributed by atoms with van der Waals surface area (Å²) in [6, 6.07) is 10.3. The van der Waals surface area contributed by atoms with E-state index in [0.717, 1.165) is 71.8 Å². The van der Waals surface area contributed by atoms with Crippen LogP contribution in [-0.4, -0.2) is 41.3 Å². The average Bonchev–Trinajstić information content (AvgIpc) is 3.16. The van der Waals surface area contributed by atoms with Crippen molar-refractivity contribution in [2.45, 2.75) is 45.2 Å². The number of nitrogens with one attached hydrogen (secondary N) is 1. The number of nitrogens with zero attached hydrogens (tertiary/aromatic N) is 6. The SMILES string of the molecule is Cc1cccc(-c2nn3c(c2-c2ccc4ncnn4c2/C=C/C(=O)NC2CC2)CCC3)n1. The Morgan fingerprint density at radius 2 is 2.12 bits per heavy atom. The number of rotatable bonds is 5. The fourth-order valence-electron chi connectivity index (χ4n) is 4.38. The Morgan fingerprint density at radius 3 is 2.97 bits per heavy atom. The van der Waals surface area contributed by atoms with Crippen molar-refractivity contribution in [3.05, 3.63) is 59.8 Å². The van der Waals surface area contributed by atoms with E-state index in [0.29, 0.717) is 6.04 Å². The molecule has 6 rings (SSSR count). The predicted molar refractivity (Wildman–Crippen MR) is 121 cm³/mol. The van der Waals surface area contributed by atoms with E-state index in [2.05, 4.69) is 26.1 Å². The maximum absolute atomic E-state index is 12.4. The smallest absolute Gasteiger partial charge is 0.244 e. The van der Waals surface area contributed by atoms with Gasteiger partial charge in [0.2, 0.25) is 5.91 Å². The Bertz CT molecular complexity index is 1380. The number of aromatic nitrogens is 6. The standard InChI is InChI=1S/C24H23N7O/c1-15-4-2-5-18(27-15)24-23(20-6-3-13-30(20)29-24)17-9-11-21-25-14-26-31(21)19(17)10-12-22(32)28-16-7-8-16/h2,4-5,9-12,14,16H,3,6-8,13H2,1H3,(H,28,32)/b12-10+. The van der Waals surface area contributed by atoms with Gasteiger partial charge in [0.05, 0.1) is 11.4 Å². The van der Waals surface area contributed by atoms with E-state index >= 15 is 0 Å². The molecule has 0 atom stereocenters. The number of amides is 1. The van der Waals surface area contributed by atoms with Crippen LogP contribution < -0.4 is 5.32 Å². The molecule has 1 aliphatic heterocycles. The molecule has 1 saturated carbocycles. The van der Waals surface area contributed by atoms with Crippen LogP contribution in [0, 0.1) is 6.92 Å². The number of aryl methyl sites for hydroxylation is 2. The lowest BCUT2D eigenvalue weighted by Crippen LogP contribution is -2.22. The van der Waals surface area contributed by atoms with E-state index in [-0.39, 0.29) is 5.91 Å². The quantitative estimate of drug-likeness (QED) is 0.496. The normalized spacial score (nSPS) is 15.5. The van der Waals surface area contributed by atoms with Crippen molar-refractivity contribution in [3.8, 4) is 22.5 Å². The third kappa shape index (κ3) is 3.28. The molecule has 0 radical (unpaired) electrons. The van der Waals surface area contributed by atoms with Gasteiger partial charge in [0.15, 0.2) is 5.65 Å². The van der Waals surface area contributed by atoms with Crippen molar-refractivity contribution < 1.29 is 4.79 Å². The summed E-state index contributed by atoms with van der Waals surface area (Å²) in [5.41, 5.74) is 7.42. The van der Waals surface area contributed by atoms with Gasteiger partial charge in [0, 0.05) is 41.2 Å². The Morgan fingerprint density at radius 1 is 1.22 bits per heavy atom. The molecule has 0 saturated heterocycles. The maximum Gasteiger partial charge on any atom is 0.244 e. The first kappa shape index (κ1) is 18.9. The van der Waals surface area contributed by atoms with Gasteiger partial charge in [-0.25, -0.2) is 9.50 Å². The summed E-state index contributed by atoms with van der Waals surface area (Å²) in [5, 5.41) is 12.4. The fourth-order valence-corrected chi connectivity index (χ4v) is 4.38. The van der Waals surface area contributed by atoms with E-state index < -0.39 is 0 Å². The van der Waals surface area contributed by atoms with Crippen LogP contribution in [0.2, 0.25) is 0 Å². The summed E-state index contributed by atoms with van der Waals surface area (Å²) in [4.78, 5) is 21.5. The lowest BCUT2D eigenvalue weighted by molar-refractivity contribution is -0.116. The molecule has 4 aromatic rings. The molecule has 1 N–H and O–H groups in total. The lowest BCUT2D eigenvalue weighted by atomic mass is 9.98. The van der Waals surface area contributed by atoms with Gasteiger partial charge in [-0.1, -0.05) is 6.07 Å². The third-order valence-electron chi connectivity index (χ3n) is 6.04. The van der Waals surface area contributed by atoms with Crippen LogP contribution in [0.4, 0.5) is 0 Å². The predicted octanol–water partition coefficient (Wildman–Crippen LogP) is 3.20. The zero-order chi connectivity index (χ0) is 21.7. The van der Waals surface area contributed by atoms with Gasteiger partial charge in [0.25, 0.3) is 0 Å². The summed E-state index contributed by atoms with van der Waals surface area (Å²) in [7, 11) is 0. The highest BCUT2D eigenvalue weighted by Crippen LogP contribution is 2.39. The first-order valence-electron chi connectivity index (χ1n) is 11.0. The number of carbonyl (C=O) groups is 1. The van der Waals surface area contributed by atoms with Crippen molar-refractivity contribution in [1.29, 1.82) is 0 Å². The molecule has 0 bridgehead atoms. The highest BCUT2D eigenvalue weighted by molar-refractivity contribution is 5.94. The van der Waals surface area contributed by atoms with Crippen LogP contribution in [0.15, 0.2) is 42.7 Å². The summed E-state index contributed by atoms with van der Waals surface area (Å²) < 4.78 is 3.87. The topological polar surface area (TPSA) is 90.0 Å². The van der Waals surface area contributed by atoms with Crippen LogP contribution in [0.1, 0.15) is 36.3 Å². The van der Waals surface area contributed by atoms with Gasteiger partial charge in [-0.05, 0) is 62.9 Å². The molecule has 2 aliphatic rings. The number of hydrogen-bond donors (Lipinski definition) is 1. The van der Waals surface area contributed by atoms with Crippen LogP contribution in [0.25, 0.3) is 34.2 Å². The molecule has 0 unspecified atom stereocenters. The number of hydrogen-bond acceptors (Lipinski definition) is 5. The maximum atomic E-state index is 12.4. The highest BCUT2D eigenvalue weighted by Gasteiger charge is 2.27. The molecular weight excluding hydrogens is 402 g/mol. The molecule has 8 heteroatoms. The number of pyridine rings is 2. The van der Waals surface area contributed by atoms with Crippen molar-refractivity contribution in [2.75, 3.05) is 0 Å². The number of fused-ring (bicyclic) bond motifs is 2. The van der Waals surface area contributed by atoms with Crippen molar-refractivity contribution in [3.63, 3.8) is 0 Å². The van der Waals surface area contributed by atoms with Crippen LogP contribution in [-0.2, 0) is 17.8 Å². The molecule has 0 spiro atoms. The molecule has 1 aliphatic carbocycles. The van der Waals surface area contributed by atoms with Crippen molar-refractivity contribution in [1.82, 2.24) is 34.7 Å². The Balaban J connectivity index is 1.54. The molecule has 1 amide bonds. The fraction of sp³-hybridized carbons (Fsp3) is 0.292. The van der Waals surface area contributed by atoms with Crippen molar-refractivity contribution >= 4 is 17.6 Å². The monoisotopic (exact) mass is 425 g/mol. The Labute approximate surface area is 185 Å². The zero-order valence-corrected chi connectivity index (χ0v) is 17.8. The zero-order valence-electron chi connectivity index (χ0n) is 17.8. The second-order valence-corrected chi connectivity index (χ2v) is 8.44. The summed E-state index contributed by atoms with van der Waals surface area (Å²) >= 11 is 0. The largest absolute Gasteiger partial charge is 0.350 e. The number of carbonyl (C=O) groups excluding carboxylic acids is 1. The van der Waals surface area contributed by atoms with Gasteiger partial charge in [-0.15, -0.1) is 0 Å². The molecule has 160 valence electrons. The average molecular weight is 425 g/mol. The molecule has 0 aromatic carbocycles. The second-order valence-electron chi connectivity index (χ2n) is 8.44. The molecule has 1 fully saturated rings. The first-order chi connectivity index (χ1) is 15.7. The van der Waals surface area contributed by atoms with Gasteiger partial charge in [-0.2, -0.15) is 10.2 Å². The van der Waals surface area contributed by atoms with Crippen LogP contribution >= 0.6 is 0 Å². The molecule has 4 aromatic heterocycles. The molecular formula is C24H23N7O. The summed E-state index contributed by atoms with van der Waals surface area (Å²) in [6.45, 7) is 2.88. The van der Waals surface area contributed by atoms with E-state index in [1.54, 1.807) is 10.6 Å². The minimum absolute atomic E-state index is 0.0867. The summed E-state index contributed by atoms with van der Waals surface area (Å²) in [6.07, 6.45) is 9.09. The summed E-state index contributed by atoms with van der Waals surface area (Å²) in [5.74, 6) is -0.0867.